The first-order valence-electron chi connectivity index (χ1n) is 13.1. The molecule has 0 heterocycles. The van der Waals surface area contributed by atoms with Crippen molar-refractivity contribution >= 4 is 17.7 Å². The molecule has 4 rings (SSSR count). The van der Waals surface area contributed by atoms with E-state index in [2.05, 4.69) is 20.8 Å². The van der Waals surface area contributed by atoms with Crippen LogP contribution in [0.15, 0.2) is 0 Å². The fourth-order valence-electron chi connectivity index (χ4n) is 8.90. The van der Waals surface area contributed by atoms with Crippen molar-refractivity contribution in [1.82, 2.24) is 0 Å². The van der Waals surface area contributed by atoms with Crippen molar-refractivity contribution in [2.24, 2.45) is 46.2 Å². The highest BCUT2D eigenvalue weighted by Crippen LogP contribution is 2.68. The number of ketones is 1. The van der Waals surface area contributed by atoms with E-state index in [0.29, 0.717) is 23.5 Å². The van der Waals surface area contributed by atoms with Crippen LogP contribution < -0.4 is 5.73 Å². The topological polar surface area (TPSA) is 107 Å². The van der Waals surface area contributed by atoms with Gasteiger partial charge in [-0.05, 0) is 113 Å². The first-order chi connectivity index (χ1) is 15.4. The van der Waals surface area contributed by atoms with Crippen molar-refractivity contribution in [2.75, 3.05) is 0 Å². The normalized spacial score (nSPS) is 45.3. The molecular weight excluding hydrogens is 418 g/mol. The van der Waals surface area contributed by atoms with Crippen LogP contribution in [0.4, 0.5) is 0 Å². The fourth-order valence-corrected chi connectivity index (χ4v) is 8.90. The van der Waals surface area contributed by atoms with Crippen molar-refractivity contribution in [3.8, 4) is 0 Å². The Hall–Kier alpha value is -1.43. The highest BCUT2D eigenvalue weighted by atomic mass is 16.6. The van der Waals surface area contributed by atoms with Gasteiger partial charge in [0.2, 0.25) is 0 Å². The summed E-state index contributed by atoms with van der Waals surface area (Å²) >= 11 is 0. The Morgan fingerprint density at radius 2 is 1.67 bits per heavy atom. The number of Topliss-reactive ketones (excluding diaryl/α,β-unsaturated/α-hetero) is 1. The number of rotatable bonds is 6. The number of hydrogen-bond acceptors (Lipinski definition) is 5. The van der Waals surface area contributed by atoms with E-state index >= 15 is 0 Å². The monoisotopic (exact) mass is 461 g/mol. The van der Waals surface area contributed by atoms with Crippen LogP contribution in [0.1, 0.15) is 98.3 Å². The number of fused-ring (bicyclic) bond motifs is 5. The lowest BCUT2D eigenvalue weighted by atomic mass is 9.44. The van der Waals surface area contributed by atoms with Gasteiger partial charge in [0.05, 0.1) is 0 Å². The van der Waals surface area contributed by atoms with E-state index in [1.54, 1.807) is 6.92 Å². The van der Waals surface area contributed by atoms with E-state index in [1.807, 2.05) is 0 Å². The van der Waals surface area contributed by atoms with E-state index in [0.717, 1.165) is 31.6 Å². The molecule has 0 aromatic rings. The van der Waals surface area contributed by atoms with Gasteiger partial charge in [0, 0.05) is 12.3 Å². The molecule has 33 heavy (non-hydrogen) atoms. The summed E-state index contributed by atoms with van der Waals surface area (Å²) in [6, 6.07) is -1.02. The molecule has 3 N–H and O–H groups in total. The molecule has 4 aliphatic carbocycles. The van der Waals surface area contributed by atoms with Gasteiger partial charge in [-0.15, -0.1) is 0 Å². The molecule has 0 amide bonds. The van der Waals surface area contributed by atoms with Crippen LogP contribution in [0.3, 0.4) is 0 Å². The molecule has 4 aliphatic rings. The van der Waals surface area contributed by atoms with Gasteiger partial charge in [0.15, 0.2) is 0 Å². The highest BCUT2D eigenvalue weighted by molar-refractivity contribution is 5.79. The van der Waals surface area contributed by atoms with Gasteiger partial charge < -0.3 is 15.6 Å². The molecule has 9 atom stereocenters. The lowest BCUT2D eigenvalue weighted by molar-refractivity contribution is -0.181. The summed E-state index contributed by atoms with van der Waals surface area (Å²) in [7, 11) is 0. The standard InChI is InChI=1S/C27H43NO5/c1-16(29)19-7-8-20-18-6-5-17-15-25(2,33-23(30)10-9-22(28)24(31)32)13-14-26(17,3)21(18)11-12-27(19,20)4/h17-22H,5-15,28H2,1-4H3,(H,31,32)/t17-,18-,19+,20-,21-,22-,25+,26-,27+/m0/s1. The minimum absolute atomic E-state index is 0.0489. The third kappa shape index (κ3) is 4.26. The molecule has 6 nitrogen and oxygen atoms in total. The summed E-state index contributed by atoms with van der Waals surface area (Å²) in [5.74, 6) is 1.86. The maximum atomic E-state index is 12.5. The Morgan fingerprint density at radius 1 is 0.970 bits per heavy atom. The summed E-state index contributed by atoms with van der Waals surface area (Å²) in [6.07, 6.45) is 10.0. The van der Waals surface area contributed by atoms with Crippen LogP contribution in [-0.2, 0) is 19.1 Å². The van der Waals surface area contributed by atoms with E-state index in [4.69, 9.17) is 15.6 Å². The van der Waals surface area contributed by atoms with Gasteiger partial charge in [-0.1, -0.05) is 13.8 Å². The van der Waals surface area contributed by atoms with Gasteiger partial charge in [-0.25, -0.2) is 0 Å². The zero-order valence-corrected chi connectivity index (χ0v) is 20.9. The summed E-state index contributed by atoms with van der Waals surface area (Å²) < 4.78 is 5.94. The second-order valence-corrected chi connectivity index (χ2v) is 12.6. The lowest BCUT2D eigenvalue weighted by Gasteiger charge is -2.62. The molecule has 0 spiro atoms. The Labute approximate surface area is 198 Å². The second kappa shape index (κ2) is 8.66. The second-order valence-electron chi connectivity index (χ2n) is 12.6. The van der Waals surface area contributed by atoms with Crippen LogP contribution >= 0.6 is 0 Å². The number of carboxylic acids is 1. The number of hydrogen-bond donors (Lipinski definition) is 2. The van der Waals surface area contributed by atoms with Crippen molar-refractivity contribution in [2.45, 2.75) is 110 Å². The van der Waals surface area contributed by atoms with Gasteiger partial charge in [-0.2, -0.15) is 0 Å². The van der Waals surface area contributed by atoms with Crippen molar-refractivity contribution in [3.05, 3.63) is 0 Å². The predicted molar refractivity (Wildman–Crippen MR) is 125 cm³/mol. The molecule has 186 valence electrons. The third-order valence-corrected chi connectivity index (χ3v) is 10.8. The number of ether oxygens (including phenoxy) is 1. The summed E-state index contributed by atoms with van der Waals surface area (Å²) in [6.45, 7) is 8.73. The molecule has 0 bridgehead atoms. The Kier molecular flexibility index (Phi) is 6.48. The van der Waals surface area contributed by atoms with Crippen LogP contribution in [-0.4, -0.2) is 34.5 Å². The number of aliphatic carboxylic acids is 1. The summed E-state index contributed by atoms with van der Waals surface area (Å²) in [5, 5.41) is 8.94. The Morgan fingerprint density at radius 3 is 2.33 bits per heavy atom. The van der Waals surface area contributed by atoms with Crippen LogP contribution in [0, 0.1) is 40.4 Å². The summed E-state index contributed by atoms with van der Waals surface area (Å²) in [4.78, 5) is 35.7. The molecular formula is C27H43NO5. The Bertz CT molecular complexity index is 812. The van der Waals surface area contributed by atoms with Gasteiger partial charge >= 0.3 is 11.9 Å². The number of carbonyl (C=O) groups is 3. The Balaban J connectivity index is 1.41. The maximum absolute atomic E-state index is 12.5. The van der Waals surface area contributed by atoms with Gasteiger partial charge in [0.25, 0.3) is 0 Å². The minimum atomic E-state index is -1.08. The third-order valence-electron chi connectivity index (χ3n) is 10.8. The molecule has 0 unspecified atom stereocenters. The highest BCUT2D eigenvalue weighted by Gasteiger charge is 2.61. The zero-order chi connectivity index (χ0) is 24.2. The molecule has 0 radical (unpaired) electrons. The van der Waals surface area contributed by atoms with Crippen LogP contribution in [0.25, 0.3) is 0 Å². The molecule has 0 saturated heterocycles. The number of esters is 1. The average molecular weight is 462 g/mol. The molecule has 0 aliphatic heterocycles. The maximum Gasteiger partial charge on any atom is 0.320 e. The molecule has 0 aromatic heterocycles. The largest absolute Gasteiger partial charge is 0.480 e. The molecule has 4 saturated carbocycles. The number of nitrogens with two attached hydrogens (primary N) is 1. The van der Waals surface area contributed by atoms with Crippen molar-refractivity contribution in [3.63, 3.8) is 0 Å². The molecule has 0 aromatic carbocycles. The van der Waals surface area contributed by atoms with Crippen molar-refractivity contribution < 1.29 is 24.2 Å². The SMILES string of the molecule is CC(=O)[C@H]1CC[C@H]2[C@@H]3CC[C@H]4C[C@](C)(OC(=O)CC[C@H](N)C(=O)O)CC[C@]4(C)[C@H]3CC[C@]12C. The minimum Gasteiger partial charge on any atom is -0.480 e. The number of carboxylic acid groups (broad SMARTS) is 1. The van der Waals surface area contributed by atoms with E-state index in [-0.39, 0.29) is 35.6 Å². The zero-order valence-electron chi connectivity index (χ0n) is 20.9. The van der Waals surface area contributed by atoms with E-state index in [1.165, 1.54) is 32.1 Å². The molecule has 4 fully saturated rings. The van der Waals surface area contributed by atoms with E-state index in [9.17, 15) is 14.4 Å². The van der Waals surface area contributed by atoms with E-state index < -0.39 is 17.6 Å². The average Bonchev–Trinajstić information content (AvgIpc) is 3.10. The van der Waals surface area contributed by atoms with Gasteiger partial charge in [0.1, 0.15) is 17.4 Å². The smallest absolute Gasteiger partial charge is 0.320 e. The summed E-state index contributed by atoms with van der Waals surface area (Å²) in [5.41, 5.74) is 5.53. The quantitative estimate of drug-likeness (QED) is 0.554. The lowest BCUT2D eigenvalue weighted by Crippen LogP contribution is -2.56. The van der Waals surface area contributed by atoms with Crippen LogP contribution in [0.5, 0.6) is 0 Å². The predicted octanol–water partition coefficient (Wildman–Crippen LogP) is 4.73. The van der Waals surface area contributed by atoms with Crippen molar-refractivity contribution in [1.29, 1.82) is 0 Å². The molecule has 6 heteroatoms. The first kappa shape index (κ1) is 24.7. The number of carbonyl (C=O) groups excluding carboxylic acids is 2. The fraction of sp³-hybridized carbons (Fsp3) is 0.889. The van der Waals surface area contributed by atoms with Gasteiger partial charge in [-0.3, -0.25) is 14.4 Å². The van der Waals surface area contributed by atoms with Crippen LogP contribution in [0.2, 0.25) is 0 Å². The first-order valence-corrected chi connectivity index (χ1v) is 13.1.